The van der Waals surface area contributed by atoms with E-state index in [0.717, 1.165) is 5.56 Å². The molecule has 1 aromatic rings. The molecule has 1 aromatic carbocycles. The average Bonchev–Trinajstić information content (AvgIpc) is 2.29. The van der Waals surface area contributed by atoms with Crippen LogP contribution in [0, 0.1) is 0 Å². The summed E-state index contributed by atoms with van der Waals surface area (Å²) in [5, 5.41) is 3.95. The first-order chi connectivity index (χ1) is 9.19. The molecule has 1 atom stereocenters. The Kier molecular flexibility index (Phi) is 6.03. The summed E-state index contributed by atoms with van der Waals surface area (Å²) in [7, 11) is 0. The monoisotopic (exact) mass is 297 g/mol. The predicted octanol–water partition coefficient (Wildman–Crippen LogP) is 3.76. The van der Waals surface area contributed by atoms with E-state index in [-0.39, 0.29) is 11.9 Å². The zero-order valence-electron chi connectivity index (χ0n) is 12.9. The minimum absolute atomic E-state index is 0.215. The quantitative estimate of drug-likeness (QED) is 0.841. The SMILES string of the molecule is CC(C)NC[C@H](C(=O)OC(C)(C)C)c1ccc(Cl)cc1. The molecule has 0 aliphatic heterocycles. The second-order valence-electron chi connectivity index (χ2n) is 6.20. The lowest BCUT2D eigenvalue weighted by Crippen LogP contribution is -2.35. The zero-order valence-corrected chi connectivity index (χ0v) is 13.6. The number of halogens is 1. The minimum Gasteiger partial charge on any atom is -0.459 e. The van der Waals surface area contributed by atoms with Gasteiger partial charge in [-0.3, -0.25) is 4.79 Å². The van der Waals surface area contributed by atoms with Gasteiger partial charge in [0.1, 0.15) is 5.60 Å². The Hall–Kier alpha value is -1.06. The minimum atomic E-state index is -0.487. The van der Waals surface area contributed by atoms with E-state index >= 15 is 0 Å². The van der Waals surface area contributed by atoms with Crippen molar-refractivity contribution in [3.8, 4) is 0 Å². The summed E-state index contributed by atoms with van der Waals surface area (Å²) in [6, 6.07) is 7.65. The van der Waals surface area contributed by atoms with E-state index in [1.54, 1.807) is 12.1 Å². The molecule has 0 saturated carbocycles. The number of carbonyl (C=O) groups excluding carboxylic acids is 1. The molecule has 1 N–H and O–H groups in total. The summed E-state index contributed by atoms with van der Waals surface area (Å²) >= 11 is 5.90. The standard InChI is InChI=1S/C16H24ClNO2/c1-11(2)18-10-14(15(19)20-16(3,4)5)12-6-8-13(17)9-7-12/h6-9,11,14,18H,10H2,1-5H3/t14-/m0/s1. The van der Waals surface area contributed by atoms with Gasteiger partial charge in [-0.25, -0.2) is 0 Å². The Bertz CT molecular complexity index is 435. The van der Waals surface area contributed by atoms with E-state index in [4.69, 9.17) is 16.3 Å². The molecule has 0 amide bonds. The molecule has 20 heavy (non-hydrogen) atoms. The van der Waals surface area contributed by atoms with Crippen LogP contribution in [0.4, 0.5) is 0 Å². The number of esters is 1. The summed E-state index contributed by atoms with van der Waals surface area (Å²) in [5.74, 6) is -0.540. The molecular weight excluding hydrogens is 274 g/mol. The number of hydrogen-bond acceptors (Lipinski definition) is 3. The first kappa shape index (κ1) is 17.0. The summed E-state index contributed by atoms with van der Waals surface area (Å²) in [5.41, 5.74) is 0.427. The van der Waals surface area contributed by atoms with Crippen molar-refractivity contribution in [2.24, 2.45) is 0 Å². The van der Waals surface area contributed by atoms with Crippen molar-refractivity contribution in [1.29, 1.82) is 0 Å². The molecule has 0 unspecified atom stereocenters. The summed E-state index contributed by atoms with van der Waals surface area (Å²) in [4.78, 5) is 12.4. The molecule has 0 fully saturated rings. The Morgan fingerprint density at radius 3 is 2.25 bits per heavy atom. The van der Waals surface area contributed by atoms with Crippen LogP contribution in [0.15, 0.2) is 24.3 Å². The van der Waals surface area contributed by atoms with Crippen LogP contribution in [0.3, 0.4) is 0 Å². The van der Waals surface area contributed by atoms with Crippen molar-refractivity contribution in [2.75, 3.05) is 6.54 Å². The van der Waals surface area contributed by atoms with Crippen molar-refractivity contribution in [1.82, 2.24) is 5.32 Å². The Labute approximate surface area is 126 Å². The predicted molar refractivity (Wildman–Crippen MR) is 83.2 cm³/mol. The molecule has 0 aliphatic rings. The van der Waals surface area contributed by atoms with Gasteiger partial charge in [0, 0.05) is 17.6 Å². The van der Waals surface area contributed by atoms with Gasteiger partial charge in [0.25, 0.3) is 0 Å². The topological polar surface area (TPSA) is 38.3 Å². The molecule has 3 nitrogen and oxygen atoms in total. The molecule has 0 radical (unpaired) electrons. The van der Waals surface area contributed by atoms with E-state index in [1.807, 2.05) is 46.8 Å². The normalized spacial score (nSPS) is 13.3. The second kappa shape index (κ2) is 7.09. The van der Waals surface area contributed by atoms with Crippen molar-refractivity contribution < 1.29 is 9.53 Å². The van der Waals surface area contributed by atoms with Crippen LogP contribution in [-0.2, 0) is 9.53 Å². The van der Waals surface area contributed by atoms with Crippen LogP contribution in [0.25, 0.3) is 0 Å². The lowest BCUT2D eigenvalue weighted by molar-refractivity contribution is -0.156. The molecule has 112 valence electrons. The highest BCUT2D eigenvalue weighted by Gasteiger charge is 2.26. The lowest BCUT2D eigenvalue weighted by Gasteiger charge is -2.25. The first-order valence-corrected chi connectivity index (χ1v) is 7.28. The van der Waals surface area contributed by atoms with Crippen molar-refractivity contribution in [3.05, 3.63) is 34.9 Å². The number of rotatable bonds is 5. The molecular formula is C16H24ClNO2. The number of benzene rings is 1. The number of carbonyl (C=O) groups is 1. The van der Waals surface area contributed by atoms with Crippen LogP contribution >= 0.6 is 11.6 Å². The summed E-state index contributed by atoms with van der Waals surface area (Å²) < 4.78 is 5.50. The van der Waals surface area contributed by atoms with Crippen molar-refractivity contribution in [2.45, 2.75) is 52.2 Å². The largest absolute Gasteiger partial charge is 0.459 e. The van der Waals surface area contributed by atoms with Gasteiger partial charge in [-0.15, -0.1) is 0 Å². The number of nitrogens with one attached hydrogen (secondary N) is 1. The van der Waals surface area contributed by atoms with Crippen molar-refractivity contribution >= 4 is 17.6 Å². The van der Waals surface area contributed by atoms with E-state index in [9.17, 15) is 4.79 Å². The van der Waals surface area contributed by atoms with Crippen LogP contribution in [0.2, 0.25) is 5.02 Å². The van der Waals surface area contributed by atoms with Gasteiger partial charge in [-0.1, -0.05) is 37.6 Å². The van der Waals surface area contributed by atoms with Gasteiger partial charge in [-0.05, 0) is 38.5 Å². The third-order valence-electron chi connectivity index (χ3n) is 2.69. The maximum atomic E-state index is 12.4. The maximum absolute atomic E-state index is 12.4. The Balaban J connectivity index is 2.89. The van der Waals surface area contributed by atoms with Crippen molar-refractivity contribution in [3.63, 3.8) is 0 Å². The molecule has 0 aliphatic carbocycles. The fraction of sp³-hybridized carbons (Fsp3) is 0.562. The smallest absolute Gasteiger partial charge is 0.315 e. The highest BCUT2D eigenvalue weighted by atomic mass is 35.5. The summed E-state index contributed by atoms with van der Waals surface area (Å²) in [6.45, 7) is 10.3. The third kappa shape index (κ3) is 5.93. The van der Waals surface area contributed by atoms with Crippen LogP contribution in [0.5, 0.6) is 0 Å². The van der Waals surface area contributed by atoms with E-state index in [0.29, 0.717) is 17.6 Å². The average molecular weight is 298 g/mol. The van der Waals surface area contributed by atoms with Gasteiger partial charge in [0.05, 0.1) is 5.92 Å². The summed E-state index contributed by atoms with van der Waals surface area (Å²) in [6.07, 6.45) is 0. The van der Waals surface area contributed by atoms with Gasteiger partial charge in [0.2, 0.25) is 0 Å². The lowest BCUT2D eigenvalue weighted by atomic mass is 9.98. The van der Waals surface area contributed by atoms with E-state index in [1.165, 1.54) is 0 Å². The van der Waals surface area contributed by atoms with Crippen LogP contribution < -0.4 is 5.32 Å². The first-order valence-electron chi connectivity index (χ1n) is 6.91. The van der Waals surface area contributed by atoms with Gasteiger partial charge < -0.3 is 10.1 Å². The van der Waals surface area contributed by atoms with Gasteiger partial charge >= 0.3 is 5.97 Å². The molecule has 0 bridgehead atoms. The zero-order chi connectivity index (χ0) is 15.3. The van der Waals surface area contributed by atoms with Gasteiger partial charge in [0.15, 0.2) is 0 Å². The molecule has 0 saturated heterocycles. The molecule has 0 aromatic heterocycles. The van der Waals surface area contributed by atoms with Gasteiger partial charge in [-0.2, -0.15) is 0 Å². The molecule has 0 spiro atoms. The molecule has 0 heterocycles. The molecule has 1 rings (SSSR count). The maximum Gasteiger partial charge on any atom is 0.315 e. The Morgan fingerprint density at radius 2 is 1.80 bits per heavy atom. The molecule has 4 heteroatoms. The second-order valence-corrected chi connectivity index (χ2v) is 6.64. The number of ether oxygens (including phenoxy) is 1. The fourth-order valence-electron chi connectivity index (χ4n) is 1.76. The third-order valence-corrected chi connectivity index (χ3v) is 2.95. The van der Waals surface area contributed by atoms with E-state index < -0.39 is 5.60 Å². The van der Waals surface area contributed by atoms with Crippen LogP contribution in [0.1, 0.15) is 46.1 Å². The highest BCUT2D eigenvalue weighted by molar-refractivity contribution is 6.30. The van der Waals surface area contributed by atoms with E-state index in [2.05, 4.69) is 5.32 Å². The Morgan fingerprint density at radius 1 is 1.25 bits per heavy atom. The fourth-order valence-corrected chi connectivity index (χ4v) is 1.88. The van der Waals surface area contributed by atoms with Crippen LogP contribution in [-0.4, -0.2) is 24.2 Å². The highest BCUT2D eigenvalue weighted by Crippen LogP contribution is 2.22. The number of hydrogen-bond donors (Lipinski definition) is 1.